The summed E-state index contributed by atoms with van der Waals surface area (Å²) in [5.74, 6) is -0.174. The minimum Gasteiger partial charge on any atom is -0.379 e. The van der Waals surface area contributed by atoms with Gasteiger partial charge >= 0.3 is 0 Å². The van der Waals surface area contributed by atoms with Crippen molar-refractivity contribution in [1.29, 1.82) is 0 Å². The fourth-order valence-corrected chi connectivity index (χ4v) is 2.16. The molecule has 1 aromatic rings. The van der Waals surface area contributed by atoms with E-state index in [9.17, 15) is 4.79 Å². The van der Waals surface area contributed by atoms with E-state index >= 15 is 0 Å². The molecule has 98 valence electrons. The summed E-state index contributed by atoms with van der Waals surface area (Å²) in [6.45, 7) is 2.72. The van der Waals surface area contributed by atoms with Gasteiger partial charge in [0.05, 0.1) is 12.6 Å². The molecule has 5 heteroatoms. The van der Waals surface area contributed by atoms with Gasteiger partial charge in [-0.1, -0.05) is 23.7 Å². The Morgan fingerprint density at radius 1 is 1.61 bits per heavy atom. The zero-order valence-electron chi connectivity index (χ0n) is 10.3. The summed E-state index contributed by atoms with van der Waals surface area (Å²) in [6, 6.07) is 7.29. The van der Waals surface area contributed by atoms with Crippen LogP contribution in [0.1, 0.15) is 24.9 Å². The maximum atomic E-state index is 12.1. The van der Waals surface area contributed by atoms with Crippen molar-refractivity contribution >= 4 is 17.5 Å². The van der Waals surface area contributed by atoms with Crippen LogP contribution >= 0.6 is 11.6 Å². The number of ether oxygens (including phenoxy) is 1. The summed E-state index contributed by atoms with van der Waals surface area (Å²) < 4.78 is 5.18. The molecule has 1 amide bonds. The van der Waals surface area contributed by atoms with Crippen molar-refractivity contribution < 1.29 is 9.53 Å². The molecule has 2 rings (SSSR count). The number of halogens is 1. The van der Waals surface area contributed by atoms with Gasteiger partial charge < -0.3 is 15.8 Å². The molecule has 1 unspecified atom stereocenters. The highest BCUT2D eigenvalue weighted by atomic mass is 35.5. The van der Waals surface area contributed by atoms with E-state index in [0.717, 1.165) is 5.56 Å². The second kappa shape index (κ2) is 5.26. The van der Waals surface area contributed by atoms with Gasteiger partial charge in [0.2, 0.25) is 5.91 Å². The van der Waals surface area contributed by atoms with Crippen LogP contribution in [0.2, 0.25) is 5.02 Å². The third-order valence-corrected chi connectivity index (χ3v) is 3.44. The monoisotopic (exact) mass is 268 g/mol. The molecule has 3 N–H and O–H groups in total. The zero-order valence-corrected chi connectivity index (χ0v) is 11.0. The average molecular weight is 269 g/mol. The maximum absolute atomic E-state index is 12.1. The molecule has 0 aliphatic carbocycles. The lowest BCUT2D eigenvalue weighted by molar-refractivity contribution is -0.127. The van der Waals surface area contributed by atoms with Crippen LogP contribution in [-0.2, 0) is 9.53 Å². The molecule has 1 aliphatic rings. The van der Waals surface area contributed by atoms with Gasteiger partial charge in [-0.2, -0.15) is 0 Å². The second-order valence-electron chi connectivity index (χ2n) is 4.71. The molecule has 2 atom stereocenters. The van der Waals surface area contributed by atoms with Gasteiger partial charge in [-0.3, -0.25) is 4.79 Å². The van der Waals surface area contributed by atoms with Gasteiger partial charge in [0, 0.05) is 11.6 Å². The first kappa shape index (κ1) is 13.3. The minimum atomic E-state index is -0.896. The van der Waals surface area contributed by atoms with Crippen LogP contribution < -0.4 is 11.1 Å². The van der Waals surface area contributed by atoms with Gasteiger partial charge in [-0.05, 0) is 31.0 Å². The molecule has 18 heavy (non-hydrogen) atoms. The molecular formula is C13H17ClN2O2. The van der Waals surface area contributed by atoms with E-state index in [-0.39, 0.29) is 18.6 Å². The number of nitrogens with two attached hydrogens (primary N) is 1. The maximum Gasteiger partial charge on any atom is 0.243 e. The van der Waals surface area contributed by atoms with Crippen LogP contribution in [0.4, 0.5) is 0 Å². The number of amides is 1. The zero-order chi connectivity index (χ0) is 13.2. The van der Waals surface area contributed by atoms with Crippen molar-refractivity contribution in [2.24, 2.45) is 5.73 Å². The van der Waals surface area contributed by atoms with Crippen molar-refractivity contribution in [3.63, 3.8) is 0 Å². The Morgan fingerprint density at radius 2 is 2.39 bits per heavy atom. The summed E-state index contributed by atoms with van der Waals surface area (Å²) in [7, 11) is 0. The highest BCUT2D eigenvalue weighted by Crippen LogP contribution is 2.20. The minimum absolute atomic E-state index is 0.128. The van der Waals surface area contributed by atoms with Crippen LogP contribution in [0.5, 0.6) is 0 Å². The molecule has 1 fully saturated rings. The summed E-state index contributed by atoms with van der Waals surface area (Å²) in [5.41, 5.74) is 6.06. The number of hydrogen-bond acceptors (Lipinski definition) is 3. The Morgan fingerprint density at radius 3 is 3.00 bits per heavy atom. The lowest BCUT2D eigenvalue weighted by Gasteiger charge is -2.24. The largest absolute Gasteiger partial charge is 0.379 e. The van der Waals surface area contributed by atoms with Crippen molar-refractivity contribution in [2.45, 2.75) is 24.9 Å². The number of carbonyl (C=O) groups is 1. The molecule has 0 bridgehead atoms. The van der Waals surface area contributed by atoms with E-state index in [1.165, 1.54) is 0 Å². The molecule has 0 aromatic heterocycles. The van der Waals surface area contributed by atoms with E-state index < -0.39 is 5.54 Å². The normalized spacial score (nSPS) is 24.8. The summed E-state index contributed by atoms with van der Waals surface area (Å²) in [5, 5.41) is 3.56. The first-order valence-corrected chi connectivity index (χ1v) is 6.32. The fourth-order valence-electron chi connectivity index (χ4n) is 1.96. The van der Waals surface area contributed by atoms with E-state index in [1.807, 2.05) is 25.1 Å². The molecule has 0 saturated carbocycles. The van der Waals surface area contributed by atoms with Crippen LogP contribution in [0.15, 0.2) is 24.3 Å². The smallest absolute Gasteiger partial charge is 0.243 e. The van der Waals surface area contributed by atoms with E-state index in [4.69, 9.17) is 22.1 Å². The predicted molar refractivity (Wildman–Crippen MR) is 70.4 cm³/mol. The highest BCUT2D eigenvalue weighted by Gasteiger charge is 2.38. The van der Waals surface area contributed by atoms with Gasteiger partial charge in [-0.15, -0.1) is 0 Å². The first-order chi connectivity index (χ1) is 8.51. The summed E-state index contributed by atoms with van der Waals surface area (Å²) in [6.07, 6.45) is 0.557. The molecule has 0 spiro atoms. The number of rotatable bonds is 3. The first-order valence-electron chi connectivity index (χ1n) is 5.94. The van der Waals surface area contributed by atoms with Crippen molar-refractivity contribution in [2.75, 3.05) is 13.2 Å². The van der Waals surface area contributed by atoms with Gasteiger partial charge in [0.15, 0.2) is 0 Å². The standard InChI is InChI=1S/C13H17ClN2O2/c1-9(10-3-2-4-11(14)7-10)16-12(17)13(15)5-6-18-8-13/h2-4,7,9H,5-6,8,15H2,1H3,(H,16,17)/t9-,13?/m1/s1. The lowest BCUT2D eigenvalue weighted by atomic mass is 9.98. The Labute approximate surface area is 111 Å². The van der Waals surface area contributed by atoms with Crippen molar-refractivity contribution in [3.05, 3.63) is 34.9 Å². The Kier molecular flexibility index (Phi) is 3.90. The quantitative estimate of drug-likeness (QED) is 0.876. The lowest BCUT2D eigenvalue weighted by Crippen LogP contribution is -2.54. The van der Waals surface area contributed by atoms with Gasteiger partial charge in [0.25, 0.3) is 0 Å². The number of benzene rings is 1. The average Bonchev–Trinajstić information content (AvgIpc) is 2.77. The van der Waals surface area contributed by atoms with Crippen molar-refractivity contribution in [3.8, 4) is 0 Å². The van der Waals surface area contributed by atoms with Crippen LogP contribution in [0.25, 0.3) is 0 Å². The third kappa shape index (κ3) is 2.83. The van der Waals surface area contributed by atoms with E-state index in [0.29, 0.717) is 18.1 Å². The summed E-state index contributed by atoms with van der Waals surface area (Å²) in [4.78, 5) is 12.1. The highest BCUT2D eigenvalue weighted by molar-refractivity contribution is 6.30. The number of hydrogen-bond donors (Lipinski definition) is 2. The topological polar surface area (TPSA) is 64.4 Å². The Bertz CT molecular complexity index is 444. The molecule has 1 aliphatic heterocycles. The fraction of sp³-hybridized carbons (Fsp3) is 0.462. The molecule has 0 radical (unpaired) electrons. The SMILES string of the molecule is C[C@@H](NC(=O)C1(N)CCOC1)c1cccc(Cl)c1. The Hall–Kier alpha value is -1.10. The Balaban J connectivity index is 2.03. The molecule has 1 aromatic carbocycles. The van der Waals surface area contributed by atoms with Gasteiger partial charge in [0.1, 0.15) is 5.54 Å². The molecule has 1 saturated heterocycles. The second-order valence-corrected chi connectivity index (χ2v) is 5.15. The van der Waals surface area contributed by atoms with Crippen LogP contribution in [-0.4, -0.2) is 24.7 Å². The van der Waals surface area contributed by atoms with Gasteiger partial charge in [-0.25, -0.2) is 0 Å². The molecule has 4 nitrogen and oxygen atoms in total. The van der Waals surface area contributed by atoms with Crippen LogP contribution in [0.3, 0.4) is 0 Å². The predicted octanol–water partition coefficient (Wildman–Crippen LogP) is 1.64. The van der Waals surface area contributed by atoms with Crippen LogP contribution in [0, 0.1) is 0 Å². The van der Waals surface area contributed by atoms with E-state index in [1.54, 1.807) is 6.07 Å². The third-order valence-electron chi connectivity index (χ3n) is 3.20. The summed E-state index contributed by atoms with van der Waals surface area (Å²) >= 11 is 5.92. The molecular weight excluding hydrogens is 252 g/mol. The molecule has 1 heterocycles. The number of nitrogens with one attached hydrogen (secondary N) is 1. The number of carbonyl (C=O) groups excluding carboxylic acids is 1. The van der Waals surface area contributed by atoms with E-state index in [2.05, 4.69) is 5.32 Å². The van der Waals surface area contributed by atoms with Crippen molar-refractivity contribution in [1.82, 2.24) is 5.32 Å².